The lowest BCUT2D eigenvalue weighted by atomic mass is 10.1. The number of benzene rings is 4. The van der Waals surface area contributed by atoms with Crippen molar-refractivity contribution in [1.82, 2.24) is 0 Å². The van der Waals surface area contributed by atoms with Crippen molar-refractivity contribution in [3.8, 4) is 0 Å². The van der Waals surface area contributed by atoms with Gasteiger partial charge < -0.3 is 5.32 Å². The summed E-state index contributed by atoms with van der Waals surface area (Å²) in [6, 6.07) is 27.1. The molecule has 1 N–H and O–H groups in total. The Balaban J connectivity index is 1.72. The van der Waals surface area contributed by atoms with Crippen LogP contribution in [0, 0.1) is 13.8 Å². The zero-order chi connectivity index (χ0) is 22.7. The van der Waals surface area contributed by atoms with Crippen LogP contribution in [-0.2, 0) is 14.8 Å². The number of carbonyl (C=O) groups is 1. The fourth-order valence-corrected chi connectivity index (χ4v) is 5.16. The molecule has 0 spiro atoms. The number of amides is 1. The van der Waals surface area contributed by atoms with Gasteiger partial charge in [0.15, 0.2) is 0 Å². The van der Waals surface area contributed by atoms with Crippen LogP contribution in [0.4, 0.5) is 11.4 Å². The lowest BCUT2D eigenvalue weighted by molar-refractivity contribution is -0.114. The molecule has 0 aliphatic carbocycles. The second kappa shape index (κ2) is 8.85. The quantitative estimate of drug-likeness (QED) is 0.439. The van der Waals surface area contributed by atoms with Crippen LogP contribution < -0.4 is 9.62 Å². The van der Waals surface area contributed by atoms with E-state index in [2.05, 4.69) is 5.32 Å². The van der Waals surface area contributed by atoms with Gasteiger partial charge in [-0.15, -0.1) is 0 Å². The van der Waals surface area contributed by atoms with Gasteiger partial charge >= 0.3 is 0 Å². The molecule has 1 amide bonds. The molecule has 0 aliphatic rings. The number of hydrogen-bond donors (Lipinski definition) is 1. The van der Waals surface area contributed by atoms with Crippen LogP contribution in [-0.4, -0.2) is 20.9 Å². The maximum atomic E-state index is 13.5. The van der Waals surface area contributed by atoms with Gasteiger partial charge in [-0.25, -0.2) is 8.42 Å². The number of fused-ring (bicyclic) bond motifs is 1. The lowest BCUT2D eigenvalue weighted by Crippen LogP contribution is -2.38. The van der Waals surface area contributed by atoms with Crippen molar-refractivity contribution in [2.75, 3.05) is 16.2 Å². The number of sulfonamides is 1. The van der Waals surface area contributed by atoms with Crippen LogP contribution in [0.2, 0.25) is 0 Å². The highest BCUT2D eigenvalue weighted by molar-refractivity contribution is 7.92. The Morgan fingerprint density at radius 2 is 1.53 bits per heavy atom. The second-order valence-electron chi connectivity index (χ2n) is 7.69. The minimum Gasteiger partial charge on any atom is -0.324 e. The molecule has 4 aromatic rings. The minimum absolute atomic E-state index is 0.138. The van der Waals surface area contributed by atoms with Crippen LogP contribution >= 0.6 is 0 Å². The molecule has 32 heavy (non-hydrogen) atoms. The largest absolute Gasteiger partial charge is 0.324 e. The van der Waals surface area contributed by atoms with Crippen LogP contribution in [0.5, 0.6) is 0 Å². The van der Waals surface area contributed by atoms with Crippen molar-refractivity contribution < 1.29 is 13.2 Å². The number of anilines is 2. The smallest absolute Gasteiger partial charge is 0.264 e. The maximum Gasteiger partial charge on any atom is 0.264 e. The number of aryl methyl sites for hydroxylation is 2. The summed E-state index contributed by atoms with van der Waals surface area (Å²) in [5.41, 5.74) is 2.81. The molecule has 0 fully saturated rings. The summed E-state index contributed by atoms with van der Waals surface area (Å²) in [4.78, 5) is 13.2. The fourth-order valence-electron chi connectivity index (χ4n) is 3.66. The molecule has 0 heterocycles. The number of nitrogens with one attached hydrogen (secondary N) is 1. The summed E-state index contributed by atoms with van der Waals surface area (Å²) in [6.07, 6.45) is 0. The molecule has 5 nitrogen and oxygen atoms in total. The first kappa shape index (κ1) is 21.6. The van der Waals surface area contributed by atoms with E-state index in [0.717, 1.165) is 21.9 Å². The molecule has 0 aliphatic heterocycles. The number of nitrogens with zero attached hydrogens (tertiary/aromatic N) is 1. The van der Waals surface area contributed by atoms with Gasteiger partial charge in [-0.3, -0.25) is 9.10 Å². The highest BCUT2D eigenvalue weighted by atomic mass is 32.2. The van der Waals surface area contributed by atoms with Gasteiger partial charge in [0.1, 0.15) is 6.54 Å². The predicted octanol–water partition coefficient (Wildman–Crippen LogP) is 5.29. The molecule has 162 valence electrons. The second-order valence-corrected chi connectivity index (χ2v) is 9.55. The van der Waals surface area contributed by atoms with Gasteiger partial charge in [0.2, 0.25) is 5.91 Å². The topological polar surface area (TPSA) is 66.5 Å². The Kier molecular flexibility index (Phi) is 5.97. The van der Waals surface area contributed by atoms with Gasteiger partial charge in [0.25, 0.3) is 10.0 Å². The van der Waals surface area contributed by atoms with Crippen molar-refractivity contribution in [3.05, 3.63) is 102 Å². The van der Waals surface area contributed by atoms with E-state index in [4.69, 9.17) is 0 Å². The van der Waals surface area contributed by atoms with Crippen LogP contribution in [0.1, 0.15) is 11.1 Å². The van der Waals surface area contributed by atoms with E-state index in [1.54, 1.807) is 24.3 Å². The average molecular weight is 445 g/mol. The molecule has 0 saturated carbocycles. The molecular weight excluding hydrogens is 420 g/mol. The molecule has 4 aromatic carbocycles. The monoisotopic (exact) mass is 444 g/mol. The first-order chi connectivity index (χ1) is 15.4. The Morgan fingerprint density at radius 3 is 2.31 bits per heavy atom. The third-order valence-electron chi connectivity index (χ3n) is 5.32. The normalized spacial score (nSPS) is 11.3. The Morgan fingerprint density at radius 1 is 0.844 bits per heavy atom. The van der Waals surface area contributed by atoms with Gasteiger partial charge in [-0.1, -0.05) is 66.7 Å². The van der Waals surface area contributed by atoms with Gasteiger partial charge in [-0.2, -0.15) is 0 Å². The van der Waals surface area contributed by atoms with E-state index in [-0.39, 0.29) is 11.4 Å². The third-order valence-corrected chi connectivity index (χ3v) is 7.09. The Bertz CT molecular complexity index is 1380. The maximum absolute atomic E-state index is 13.5. The van der Waals surface area contributed by atoms with E-state index >= 15 is 0 Å². The van der Waals surface area contributed by atoms with E-state index < -0.39 is 15.9 Å². The molecule has 0 atom stereocenters. The zero-order valence-electron chi connectivity index (χ0n) is 17.9. The van der Waals surface area contributed by atoms with Crippen LogP contribution in [0.3, 0.4) is 0 Å². The van der Waals surface area contributed by atoms with Crippen molar-refractivity contribution in [3.63, 3.8) is 0 Å². The molecule has 6 heteroatoms. The summed E-state index contributed by atoms with van der Waals surface area (Å²) < 4.78 is 28.3. The average Bonchev–Trinajstić information content (AvgIpc) is 2.80. The molecule has 0 aromatic heterocycles. The van der Waals surface area contributed by atoms with Gasteiger partial charge in [0, 0.05) is 11.1 Å². The molecule has 4 rings (SSSR count). The van der Waals surface area contributed by atoms with Crippen molar-refractivity contribution >= 4 is 38.1 Å². The summed E-state index contributed by atoms with van der Waals surface area (Å²) >= 11 is 0. The number of carbonyl (C=O) groups excluding carboxylic acids is 1. The first-order valence-corrected chi connectivity index (χ1v) is 11.7. The summed E-state index contributed by atoms with van der Waals surface area (Å²) in [5.74, 6) is -0.415. The predicted molar refractivity (Wildman–Crippen MR) is 129 cm³/mol. The third kappa shape index (κ3) is 4.36. The first-order valence-electron chi connectivity index (χ1n) is 10.3. The van der Waals surface area contributed by atoms with Crippen molar-refractivity contribution in [1.29, 1.82) is 0 Å². The standard InChI is InChI=1S/C26H24N2O3S/c1-19-15-16-20(2)25(17-19)28(32(30,31)22-11-4-3-5-12-22)18-26(29)27-24-14-8-10-21-9-6-7-13-23(21)24/h3-17H,18H2,1-2H3,(H,27,29). The van der Waals surface area contributed by atoms with E-state index in [1.807, 2.05) is 68.4 Å². The van der Waals surface area contributed by atoms with Crippen LogP contribution in [0.15, 0.2) is 95.9 Å². The zero-order valence-corrected chi connectivity index (χ0v) is 18.8. The molecule has 0 bridgehead atoms. The summed E-state index contributed by atoms with van der Waals surface area (Å²) in [7, 11) is -3.95. The van der Waals surface area contributed by atoms with Crippen LogP contribution in [0.25, 0.3) is 10.8 Å². The number of rotatable bonds is 6. The Hall–Kier alpha value is -3.64. The van der Waals surface area contributed by atoms with Gasteiger partial charge in [0.05, 0.1) is 10.6 Å². The van der Waals surface area contributed by atoms with Crippen molar-refractivity contribution in [2.24, 2.45) is 0 Å². The summed E-state index contributed by atoms with van der Waals surface area (Å²) in [5, 5.41) is 4.79. The highest BCUT2D eigenvalue weighted by Gasteiger charge is 2.28. The summed E-state index contributed by atoms with van der Waals surface area (Å²) in [6.45, 7) is 3.39. The van der Waals surface area contributed by atoms with E-state index in [1.165, 1.54) is 16.4 Å². The molecule has 0 saturated heterocycles. The SMILES string of the molecule is Cc1ccc(C)c(N(CC(=O)Nc2cccc3ccccc23)S(=O)(=O)c2ccccc2)c1. The Labute approximate surface area is 188 Å². The molecular formula is C26H24N2O3S. The number of hydrogen-bond acceptors (Lipinski definition) is 3. The molecule has 0 unspecified atom stereocenters. The van der Waals surface area contributed by atoms with E-state index in [0.29, 0.717) is 11.4 Å². The van der Waals surface area contributed by atoms with Gasteiger partial charge in [-0.05, 0) is 54.6 Å². The molecule has 0 radical (unpaired) electrons. The lowest BCUT2D eigenvalue weighted by Gasteiger charge is -2.26. The fraction of sp³-hybridized carbons (Fsp3) is 0.115. The minimum atomic E-state index is -3.95. The highest BCUT2D eigenvalue weighted by Crippen LogP contribution is 2.28. The van der Waals surface area contributed by atoms with E-state index in [9.17, 15) is 13.2 Å². The van der Waals surface area contributed by atoms with Crippen molar-refractivity contribution in [2.45, 2.75) is 18.7 Å².